The number of hydrogen-bond acceptors (Lipinski definition) is 7. The first-order valence-corrected chi connectivity index (χ1v) is 14.9. The molecule has 2 bridgehead atoms. The monoisotopic (exact) mass is 575 g/mol. The summed E-state index contributed by atoms with van der Waals surface area (Å²) in [5.74, 6) is -2.23. The largest absolute Gasteiger partial charge is 0.508 e. The Labute approximate surface area is 241 Å². The third kappa shape index (κ3) is 4.10. The molecule has 0 spiro atoms. The van der Waals surface area contributed by atoms with E-state index in [2.05, 4.69) is 20.1 Å². The molecule has 0 amide bonds. The molecule has 2 N–H and O–H groups in total. The van der Waals surface area contributed by atoms with E-state index < -0.39 is 23.0 Å². The lowest BCUT2D eigenvalue weighted by Gasteiger charge is -2.34. The summed E-state index contributed by atoms with van der Waals surface area (Å²) in [6.07, 6.45) is 6.37. The van der Waals surface area contributed by atoms with Crippen LogP contribution in [0.3, 0.4) is 0 Å². The summed E-state index contributed by atoms with van der Waals surface area (Å²) in [4.78, 5) is 13.8. The normalized spacial score (nSPS) is 23.3. The molecular formula is C32H32F3N5O2. The van der Waals surface area contributed by atoms with Crippen LogP contribution in [0.15, 0.2) is 36.4 Å². The van der Waals surface area contributed by atoms with E-state index in [9.17, 15) is 5.11 Å². The van der Waals surface area contributed by atoms with Gasteiger partial charge in [-0.2, -0.15) is 9.97 Å². The second-order valence-electron chi connectivity index (χ2n) is 12.4. The minimum atomic E-state index is -0.937. The number of rotatable bonds is 5. The smallest absolute Gasteiger partial charge is 0.319 e. The van der Waals surface area contributed by atoms with E-state index in [1.165, 1.54) is 30.3 Å². The quantitative estimate of drug-likeness (QED) is 0.325. The molecule has 7 nitrogen and oxygen atoms in total. The number of ether oxygens (including phenoxy) is 1. The Morgan fingerprint density at radius 1 is 0.976 bits per heavy atom. The Hall–Kier alpha value is -3.63. The fourth-order valence-electron chi connectivity index (χ4n) is 7.91. The van der Waals surface area contributed by atoms with Crippen molar-refractivity contribution in [2.75, 3.05) is 37.7 Å². The van der Waals surface area contributed by atoms with E-state index in [0.29, 0.717) is 30.9 Å². The van der Waals surface area contributed by atoms with Crippen LogP contribution in [0.25, 0.3) is 32.8 Å². The Morgan fingerprint density at radius 2 is 1.74 bits per heavy atom. The highest BCUT2D eigenvalue weighted by Crippen LogP contribution is 2.42. The fourth-order valence-corrected chi connectivity index (χ4v) is 7.91. The summed E-state index contributed by atoms with van der Waals surface area (Å²) in [5.41, 5.74) is -0.663. The Morgan fingerprint density at radius 3 is 2.50 bits per heavy atom. The van der Waals surface area contributed by atoms with E-state index in [1.807, 2.05) is 0 Å². The number of halogens is 3. The molecule has 42 heavy (non-hydrogen) atoms. The van der Waals surface area contributed by atoms with Crippen LogP contribution < -0.4 is 15.0 Å². The number of aromatic nitrogens is 2. The molecule has 1 aromatic heterocycles. The molecule has 4 aromatic rings. The zero-order valence-electron chi connectivity index (χ0n) is 23.2. The van der Waals surface area contributed by atoms with Crippen LogP contribution in [0, 0.1) is 17.5 Å². The third-order valence-electron chi connectivity index (χ3n) is 9.82. The number of hydrogen-bond donors (Lipinski definition) is 2. The van der Waals surface area contributed by atoms with E-state index in [1.54, 1.807) is 6.07 Å². The van der Waals surface area contributed by atoms with Crippen molar-refractivity contribution >= 4 is 27.5 Å². The zero-order valence-corrected chi connectivity index (χ0v) is 23.2. The van der Waals surface area contributed by atoms with Crippen LogP contribution in [0.4, 0.5) is 19.0 Å². The van der Waals surface area contributed by atoms with E-state index in [4.69, 9.17) is 9.72 Å². The molecule has 2 atom stereocenters. The summed E-state index contributed by atoms with van der Waals surface area (Å²) in [6, 6.07) is 8.74. The van der Waals surface area contributed by atoms with Gasteiger partial charge in [-0.05, 0) is 81.3 Å². The number of phenols is 1. The highest BCUT2D eigenvalue weighted by molar-refractivity contribution is 6.01. The molecule has 5 heterocycles. The zero-order chi connectivity index (χ0) is 28.6. The van der Waals surface area contributed by atoms with Crippen LogP contribution in [0.5, 0.6) is 11.8 Å². The summed E-state index contributed by atoms with van der Waals surface area (Å²) in [7, 11) is 0. The maximum absolute atomic E-state index is 16.6. The Balaban J connectivity index is 1.29. The first-order chi connectivity index (χ1) is 20.4. The first-order valence-electron chi connectivity index (χ1n) is 14.9. The van der Waals surface area contributed by atoms with Gasteiger partial charge in [0, 0.05) is 41.5 Å². The Kier molecular flexibility index (Phi) is 6.01. The number of benzene rings is 3. The number of anilines is 1. The van der Waals surface area contributed by atoms with Crippen molar-refractivity contribution in [2.45, 2.75) is 56.1 Å². The molecule has 0 saturated carbocycles. The molecule has 0 aliphatic carbocycles. The lowest BCUT2D eigenvalue weighted by Crippen LogP contribution is -2.51. The predicted octanol–water partition coefficient (Wildman–Crippen LogP) is 5.52. The van der Waals surface area contributed by atoms with Gasteiger partial charge in [0.2, 0.25) is 0 Å². The molecule has 4 fully saturated rings. The number of phenolic OH excluding ortho intramolecular Hbond substituents is 1. The first kappa shape index (κ1) is 26.0. The van der Waals surface area contributed by atoms with Gasteiger partial charge < -0.3 is 20.1 Å². The van der Waals surface area contributed by atoms with Gasteiger partial charge in [0.25, 0.3) is 0 Å². The molecule has 4 aliphatic heterocycles. The minimum absolute atomic E-state index is 0.0264. The Bertz CT molecular complexity index is 1710. The lowest BCUT2D eigenvalue weighted by atomic mass is 9.95. The van der Waals surface area contributed by atoms with Crippen molar-refractivity contribution < 1.29 is 23.0 Å². The number of fused-ring (bicyclic) bond motifs is 5. The van der Waals surface area contributed by atoms with Crippen LogP contribution in [-0.4, -0.2) is 70.4 Å². The van der Waals surface area contributed by atoms with Crippen molar-refractivity contribution in [2.24, 2.45) is 0 Å². The minimum Gasteiger partial charge on any atom is -0.508 e. The third-order valence-corrected chi connectivity index (χ3v) is 9.82. The number of aromatic hydroxyl groups is 1. The summed E-state index contributed by atoms with van der Waals surface area (Å²) in [6.45, 7) is 3.81. The maximum Gasteiger partial charge on any atom is 0.319 e. The highest BCUT2D eigenvalue weighted by Gasteiger charge is 2.45. The van der Waals surface area contributed by atoms with Crippen molar-refractivity contribution in [1.82, 2.24) is 20.2 Å². The molecule has 218 valence electrons. The average Bonchev–Trinajstić information content (AvgIpc) is 3.65. The van der Waals surface area contributed by atoms with Crippen LogP contribution in [0.2, 0.25) is 0 Å². The molecular weight excluding hydrogens is 543 g/mol. The second-order valence-corrected chi connectivity index (χ2v) is 12.4. The van der Waals surface area contributed by atoms with Gasteiger partial charge in [-0.1, -0.05) is 12.1 Å². The number of piperazine rings is 1. The summed E-state index contributed by atoms with van der Waals surface area (Å²) in [5, 5.41) is 14.6. The van der Waals surface area contributed by atoms with Gasteiger partial charge >= 0.3 is 6.01 Å². The molecule has 8 rings (SSSR count). The van der Waals surface area contributed by atoms with Crippen molar-refractivity contribution in [3.05, 3.63) is 53.8 Å². The predicted molar refractivity (Wildman–Crippen MR) is 154 cm³/mol. The van der Waals surface area contributed by atoms with E-state index >= 15 is 13.2 Å². The molecule has 3 aromatic carbocycles. The molecule has 0 radical (unpaired) electrons. The molecule has 2 unspecified atom stereocenters. The average molecular weight is 576 g/mol. The molecule has 10 heteroatoms. The van der Waals surface area contributed by atoms with E-state index in [0.717, 1.165) is 51.6 Å². The van der Waals surface area contributed by atoms with Gasteiger partial charge in [-0.3, -0.25) is 4.90 Å². The van der Waals surface area contributed by atoms with Gasteiger partial charge in [0.1, 0.15) is 35.3 Å². The van der Waals surface area contributed by atoms with Gasteiger partial charge in [0.05, 0.1) is 11.1 Å². The van der Waals surface area contributed by atoms with Crippen molar-refractivity contribution in [3.63, 3.8) is 0 Å². The van der Waals surface area contributed by atoms with E-state index in [-0.39, 0.29) is 51.2 Å². The fraction of sp³-hybridized carbons (Fsp3) is 0.438. The highest BCUT2D eigenvalue weighted by atomic mass is 19.1. The summed E-state index contributed by atoms with van der Waals surface area (Å²) >= 11 is 0. The van der Waals surface area contributed by atoms with Crippen molar-refractivity contribution in [3.8, 4) is 22.9 Å². The van der Waals surface area contributed by atoms with Gasteiger partial charge in [0.15, 0.2) is 5.82 Å². The van der Waals surface area contributed by atoms with Gasteiger partial charge in [-0.15, -0.1) is 0 Å². The van der Waals surface area contributed by atoms with Crippen LogP contribution in [-0.2, 0) is 0 Å². The van der Waals surface area contributed by atoms with Crippen molar-refractivity contribution in [1.29, 1.82) is 0 Å². The standard InChI is InChI=1S/C32H32F3N5O2/c33-24-5-1-4-18-12-21(41)13-22(26(18)24)27-25(34)14-23-29(28(27)35)37-31(42-17-32-8-2-10-40(32)11-3-9-32)38-30(23)39-15-19-6-7-20(16-39)36-19/h1,4-5,12-14,19-20,36,41H,2-3,6-11,15-17H2. The lowest BCUT2D eigenvalue weighted by molar-refractivity contribution is 0.108. The maximum atomic E-state index is 16.6. The van der Waals surface area contributed by atoms with Crippen LogP contribution >= 0.6 is 0 Å². The molecule has 4 aliphatic rings. The SMILES string of the molecule is Oc1cc(-c2c(F)cc3c(N4CC5CCC(C4)N5)nc(OCC45CCCN4CCC5)nc3c2F)c2c(F)cccc2c1. The summed E-state index contributed by atoms with van der Waals surface area (Å²) < 4.78 is 54.0. The second kappa shape index (κ2) is 9.70. The number of nitrogens with one attached hydrogen (secondary N) is 1. The number of nitrogens with zero attached hydrogens (tertiary/aromatic N) is 4. The van der Waals surface area contributed by atoms with Gasteiger partial charge in [-0.25, -0.2) is 13.2 Å². The topological polar surface area (TPSA) is 73.8 Å². The van der Waals surface area contributed by atoms with Crippen LogP contribution in [0.1, 0.15) is 38.5 Å². The molecule has 4 saturated heterocycles.